The van der Waals surface area contributed by atoms with Crippen molar-refractivity contribution in [2.75, 3.05) is 5.88 Å². The highest BCUT2D eigenvalue weighted by Gasteiger charge is 2.01. The van der Waals surface area contributed by atoms with E-state index in [2.05, 4.69) is 6.92 Å². The van der Waals surface area contributed by atoms with Crippen LogP contribution < -0.4 is 0 Å². The Bertz CT molecular complexity index is 64.3. The summed E-state index contributed by atoms with van der Waals surface area (Å²) in [5.41, 5.74) is 0. The quantitative estimate of drug-likeness (QED) is 0.434. The van der Waals surface area contributed by atoms with Crippen molar-refractivity contribution >= 4 is 23.2 Å². The van der Waals surface area contributed by atoms with Crippen LogP contribution >= 0.6 is 23.2 Å². The maximum Gasteiger partial charge on any atom is 0.0347 e. The van der Waals surface area contributed by atoms with Crippen molar-refractivity contribution in [2.24, 2.45) is 0 Å². The molecular weight excluding hydrogens is 167 g/mol. The minimum absolute atomic E-state index is 0.309. The molecule has 1 atom stereocenters. The first-order chi connectivity index (χ1) is 4.81. The van der Waals surface area contributed by atoms with E-state index in [1.54, 1.807) is 0 Å². The molecule has 0 amide bonds. The lowest BCUT2D eigenvalue weighted by Crippen LogP contribution is -1.98. The van der Waals surface area contributed by atoms with Gasteiger partial charge in [0, 0.05) is 11.3 Å². The highest BCUT2D eigenvalue weighted by Crippen LogP contribution is 2.12. The Kier molecular flexibility index (Phi) is 8.13. The normalized spacial score (nSPS) is 13.5. The molecule has 0 spiro atoms. The Morgan fingerprint density at radius 3 is 2.40 bits per heavy atom. The number of alkyl halides is 2. The highest BCUT2D eigenvalue weighted by atomic mass is 35.5. The summed E-state index contributed by atoms with van der Waals surface area (Å²) in [6.45, 7) is 2.20. The standard InChI is InChI=1S/C8H16Cl2/c1-2-3-4-5-8(10)6-7-9/h8H,2-7H2,1H3. The van der Waals surface area contributed by atoms with Gasteiger partial charge in [0.2, 0.25) is 0 Å². The van der Waals surface area contributed by atoms with Crippen LogP contribution in [0.3, 0.4) is 0 Å². The van der Waals surface area contributed by atoms with Crippen LogP contribution in [0, 0.1) is 0 Å². The summed E-state index contributed by atoms with van der Waals surface area (Å²) in [6.07, 6.45) is 5.90. The van der Waals surface area contributed by atoms with Gasteiger partial charge >= 0.3 is 0 Å². The molecule has 0 heterocycles. The molecule has 0 N–H and O–H groups in total. The number of rotatable bonds is 6. The average Bonchev–Trinajstić information content (AvgIpc) is 1.89. The molecule has 0 radical (unpaired) electrons. The van der Waals surface area contributed by atoms with E-state index in [4.69, 9.17) is 23.2 Å². The molecule has 0 rings (SSSR count). The van der Waals surface area contributed by atoms with Crippen LogP contribution in [-0.4, -0.2) is 11.3 Å². The molecule has 0 aromatic rings. The molecule has 0 aromatic carbocycles. The van der Waals surface area contributed by atoms with Crippen molar-refractivity contribution in [3.63, 3.8) is 0 Å². The Hall–Kier alpha value is 0.580. The van der Waals surface area contributed by atoms with Crippen molar-refractivity contribution in [1.82, 2.24) is 0 Å². The molecule has 0 saturated carbocycles. The SMILES string of the molecule is CCCCCC(Cl)CCCl. The summed E-state index contributed by atoms with van der Waals surface area (Å²) in [5.74, 6) is 0.695. The molecule has 0 bridgehead atoms. The molecule has 0 nitrogen and oxygen atoms in total. The Morgan fingerprint density at radius 1 is 1.20 bits per heavy atom. The zero-order valence-electron chi connectivity index (χ0n) is 6.58. The largest absolute Gasteiger partial charge is 0.127 e. The van der Waals surface area contributed by atoms with E-state index in [-0.39, 0.29) is 0 Å². The first kappa shape index (κ1) is 10.6. The van der Waals surface area contributed by atoms with Gasteiger partial charge in [-0.3, -0.25) is 0 Å². The van der Waals surface area contributed by atoms with Gasteiger partial charge in [-0.15, -0.1) is 23.2 Å². The lowest BCUT2D eigenvalue weighted by molar-refractivity contribution is 0.632. The molecule has 62 valence electrons. The molecule has 0 aliphatic rings. The van der Waals surface area contributed by atoms with E-state index in [9.17, 15) is 0 Å². The summed E-state index contributed by atoms with van der Waals surface area (Å²) in [5, 5.41) is 0.309. The zero-order valence-corrected chi connectivity index (χ0v) is 8.09. The van der Waals surface area contributed by atoms with Crippen LogP contribution in [0.4, 0.5) is 0 Å². The number of hydrogen-bond donors (Lipinski definition) is 0. The van der Waals surface area contributed by atoms with Gasteiger partial charge < -0.3 is 0 Å². The van der Waals surface area contributed by atoms with Crippen LogP contribution in [0.25, 0.3) is 0 Å². The van der Waals surface area contributed by atoms with Gasteiger partial charge in [-0.1, -0.05) is 26.2 Å². The van der Waals surface area contributed by atoms with E-state index in [0.29, 0.717) is 11.3 Å². The molecule has 2 heteroatoms. The summed E-state index contributed by atoms with van der Waals surface area (Å²) in [7, 11) is 0. The van der Waals surface area contributed by atoms with Gasteiger partial charge in [0.05, 0.1) is 0 Å². The molecule has 0 saturated heterocycles. The Morgan fingerprint density at radius 2 is 1.90 bits per heavy atom. The molecule has 1 unspecified atom stereocenters. The first-order valence-electron chi connectivity index (χ1n) is 4.01. The van der Waals surface area contributed by atoms with Crippen LogP contribution in [-0.2, 0) is 0 Å². The van der Waals surface area contributed by atoms with Crippen molar-refractivity contribution in [3.05, 3.63) is 0 Å². The van der Waals surface area contributed by atoms with E-state index >= 15 is 0 Å². The monoisotopic (exact) mass is 182 g/mol. The predicted molar refractivity (Wildman–Crippen MR) is 49.1 cm³/mol. The maximum absolute atomic E-state index is 5.93. The minimum atomic E-state index is 0.309. The molecule has 0 aliphatic heterocycles. The van der Waals surface area contributed by atoms with Gasteiger partial charge in [0.15, 0.2) is 0 Å². The van der Waals surface area contributed by atoms with Crippen molar-refractivity contribution < 1.29 is 0 Å². The third-order valence-electron chi connectivity index (χ3n) is 1.54. The van der Waals surface area contributed by atoms with E-state index in [0.717, 1.165) is 12.8 Å². The van der Waals surface area contributed by atoms with Gasteiger partial charge in [-0.05, 0) is 12.8 Å². The van der Waals surface area contributed by atoms with Gasteiger partial charge in [-0.25, -0.2) is 0 Å². The molecule has 0 aliphatic carbocycles. The lowest BCUT2D eigenvalue weighted by Gasteiger charge is -2.04. The summed E-state index contributed by atoms with van der Waals surface area (Å²) in [6, 6.07) is 0. The Labute approximate surface area is 73.9 Å². The fourth-order valence-electron chi connectivity index (χ4n) is 0.879. The Balaban J connectivity index is 2.97. The number of unbranched alkanes of at least 4 members (excludes halogenated alkanes) is 2. The van der Waals surface area contributed by atoms with Gasteiger partial charge in [0.25, 0.3) is 0 Å². The average molecular weight is 183 g/mol. The van der Waals surface area contributed by atoms with Gasteiger partial charge in [-0.2, -0.15) is 0 Å². The molecule has 0 fully saturated rings. The fourth-order valence-corrected chi connectivity index (χ4v) is 1.52. The molecular formula is C8H16Cl2. The van der Waals surface area contributed by atoms with Crippen molar-refractivity contribution in [1.29, 1.82) is 0 Å². The van der Waals surface area contributed by atoms with E-state index in [1.165, 1.54) is 19.3 Å². The smallest absolute Gasteiger partial charge is 0.0347 e. The van der Waals surface area contributed by atoms with E-state index < -0.39 is 0 Å². The second-order valence-corrected chi connectivity index (χ2v) is 3.57. The fraction of sp³-hybridized carbons (Fsp3) is 1.00. The van der Waals surface area contributed by atoms with Crippen LogP contribution in [0.1, 0.15) is 39.0 Å². The third-order valence-corrected chi connectivity index (χ3v) is 2.20. The second-order valence-electron chi connectivity index (χ2n) is 2.57. The summed E-state index contributed by atoms with van der Waals surface area (Å²) < 4.78 is 0. The van der Waals surface area contributed by atoms with Crippen LogP contribution in [0.5, 0.6) is 0 Å². The van der Waals surface area contributed by atoms with E-state index in [1.807, 2.05) is 0 Å². The van der Waals surface area contributed by atoms with Crippen molar-refractivity contribution in [2.45, 2.75) is 44.4 Å². The van der Waals surface area contributed by atoms with Crippen molar-refractivity contribution in [3.8, 4) is 0 Å². The lowest BCUT2D eigenvalue weighted by atomic mass is 10.1. The molecule has 0 aromatic heterocycles. The second kappa shape index (κ2) is 7.68. The summed E-state index contributed by atoms with van der Waals surface area (Å²) >= 11 is 11.5. The number of hydrogen-bond acceptors (Lipinski definition) is 0. The number of halogens is 2. The van der Waals surface area contributed by atoms with Crippen LogP contribution in [0.15, 0.2) is 0 Å². The minimum Gasteiger partial charge on any atom is -0.127 e. The topological polar surface area (TPSA) is 0 Å². The molecule has 10 heavy (non-hydrogen) atoms. The summed E-state index contributed by atoms with van der Waals surface area (Å²) in [4.78, 5) is 0. The maximum atomic E-state index is 5.93. The highest BCUT2D eigenvalue weighted by molar-refractivity contribution is 6.22. The predicted octanol–water partition coefficient (Wildman–Crippen LogP) is 3.80. The zero-order chi connectivity index (χ0) is 7.82. The van der Waals surface area contributed by atoms with Crippen LogP contribution in [0.2, 0.25) is 0 Å². The third kappa shape index (κ3) is 6.70. The first-order valence-corrected chi connectivity index (χ1v) is 4.98. The van der Waals surface area contributed by atoms with Gasteiger partial charge in [0.1, 0.15) is 0 Å².